The number of methoxy groups -OCH3 is 1. The summed E-state index contributed by atoms with van der Waals surface area (Å²) in [6, 6.07) is -0.846. The van der Waals surface area contributed by atoms with Gasteiger partial charge in [-0.05, 0) is 28.6 Å². The van der Waals surface area contributed by atoms with Crippen molar-refractivity contribution in [3.63, 3.8) is 0 Å². The second-order valence-electron chi connectivity index (χ2n) is 22.9. The summed E-state index contributed by atoms with van der Waals surface area (Å²) in [4.78, 5) is 132. The molecule has 87 heavy (non-hydrogen) atoms. The zero-order valence-corrected chi connectivity index (χ0v) is 55.4. The van der Waals surface area contributed by atoms with Crippen molar-refractivity contribution in [1.82, 2.24) is 5.32 Å². The smallest absolute Gasteiger partial charge is 0.366 e. The first kappa shape index (κ1) is 74.3. The Bertz CT molecular complexity index is 2430. The quantitative estimate of drug-likeness (QED) is 0.0397. The van der Waals surface area contributed by atoms with Crippen LogP contribution in [0.4, 0.5) is 0 Å². The summed E-state index contributed by atoms with van der Waals surface area (Å²) in [5.41, 5.74) is -0.685. The predicted octanol–water partition coefficient (Wildman–Crippen LogP) is 4.13. The van der Waals surface area contributed by atoms with Gasteiger partial charge >= 0.3 is 70.8 Å². The molecule has 0 radical (unpaired) electrons. The zero-order chi connectivity index (χ0) is 65.6. The highest BCUT2D eigenvalue weighted by atomic mass is 35.5. The molecule has 0 spiro atoms. The molecule has 3 aliphatic heterocycles. The monoisotopic (exact) mass is 1300 g/mol. The summed E-state index contributed by atoms with van der Waals surface area (Å²) in [5.74, 6) is -14.2. The Morgan fingerprint density at radius 2 is 1.13 bits per heavy atom. The third-order valence-electron chi connectivity index (χ3n) is 15.0. The van der Waals surface area contributed by atoms with Crippen LogP contribution in [0.25, 0.3) is 0 Å². The van der Waals surface area contributed by atoms with Crippen LogP contribution in [0.15, 0.2) is 12.7 Å². The fraction of sp³-hybridized carbons (Fsp3) is 0.786. The zero-order valence-electron chi connectivity index (χ0n) is 52.6. The third kappa shape index (κ3) is 19.0. The Balaban J connectivity index is 2.09. The van der Waals surface area contributed by atoms with E-state index in [4.69, 9.17) is 90.9 Å². The number of nitrogens with one attached hydrogen (secondary N) is 1. The maximum absolute atomic E-state index is 14.9. The molecule has 4 aliphatic rings. The SMILES string of the molecule is C=CCO[C@@H]1C[C@H](CO[C@]2(C(=O)OC)C[C@@H](OC(=O)CCl)[C@@H](O[C@H]3O[C@H]([C@H](COC(C)=O)OC(C)=O)[C@@H](OC(C)=O)[C@H](OC(C)=O)[C@@H]3OC(C)=O)[C@@H]([C@@H](COC(C)=O)OC(C)=O)O2)[C@H]2O[Si](C(C)C)(C(C)C)O[Si](C(C)C)(C(C)C)O[C@@H]2[C@H]1NC(C)=O. The highest BCUT2D eigenvalue weighted by Gasteiger charge is 2.66. The summed E-state index contributed by atoms with van der Waals surface area (Å²) >= 11 is 6.12. The number of hydrogen-bond acceptors (Lipinski definition) is 27. The number of amides is 1. The number of ether oxygens (including phenoxy) is 14. The molecule has 16 atom stereocenters. The van der Waals surface area contributed by atoms with E-state index in [0.29, 0.717) is 0 Å². The van der Waals surface area contributed by atoms with Gasteiger partial charge in [-0.2, -0.15) is 0 Å². The first-order valence-corrected chi connectivity index (χ1v) is 33.2. The van der Waals surface area contributed by atoms with Crippen LogP contribution in [0.1, 0.15) is 124 Å². The lowest BCUT2D eigenvalue weighted by Crippen LogP contribution is -2.69. The molecular weight excluding hydrogens is 1210 g/mol. The Morgan fingerprint density at radius 1 is 0.632 bits per heavy atom. The van der Waals surface area contributed by atoms with Gasteiger partial charge in [-0.1, -0.05) is 61.5 Å². The van der Waals surface area contributed by atoms with E-state index in [1.165, 1.54) is 13.0 Å². The summed E-state index contributed by atoms with van der Waals surface area (Å²) in [6.45, 7) is 26.2. The maximum Gasteiger partial charge on any atom is 0.366 e. The van der Waals surface area contributed by atoms with Crippen molar-refractivity contribution < 1.29 is 127 Å². The molecule has 0 bridgehead atoms. The summed E-state index contributed by atoms with van der Waals surface area (Å²) in [5, 5.41) is 3.08. The number of esters is 9. The lowest BCUT2D eigenvalue weighted by molar-refractivity contribution is -0.372. The highest BCUT2D eigenvalue weighted by Crippen LogP contribution is 2.51. The molecule has 1 aliphatic carbocycles. The van der Waals surface area contributed by atoms with Crippen molar-refractivity contribution in [2.75, 3.05) is 39.4 Å². The Labute approximate surface area is 514 Å². The van der Waals surface area contributed by atoms with E-state index in [1.807, 2.05) is 55.4 Å². The van der Waals surface area contributed by atoms with Gasteiger partial charge in [-0.25, -0.2) is 4.79 Å². The first-order chi connectivity index (χ1) is 40.6. The van der Waals surface area contributed by atoms with Gasteiger partial charge in [0.1, 0.15) is 43.5 Å². The van der Waals surface area contributed by atoms with Crippen molar-refractivity contribution in [2.24, 2.45) is 5.92 Å². The van der Waals surface area contributed by atoms with E-state index in [0.717, 1.165) is 55.6 Å². The molecule has 3 heterocycles. The minimum Gasteiger partial charge on any atom is -0.465 e. The van der Waals surface area contributed by atoms with E-state index < -0.39 is 206 Å². The normalized spacial score (nSPS) is 30.0. The van der Waals surface area contributed by atoms with Gasteiger partial charge in [-0.15, -0.1) is 18.2 Å². The van der Waals surface area contributed by atoms with E-state index in [1.54, 1.807) is 0 Å². The van der Waals surface area contributed by atoms with Crippen molar-refractivity contribution >= 4 is 88.4 Å². The first-order valence-electron chi connectivity index (χ1n) is 28.8. The van der Waals surface area contributed by atoms with Crippen LogP contribution >= 0.6 is 11.6 Å². The molecule has 1 saturated carbocycles. The number of fused-ring (bicyclic) bond motifs is 1. The Hall–Kier alpha value is -5.16. The van der Waals surface area contributed by atoms with Gasteiger partial charge in [0.25, 0.3) is 5.79 Å². The van der Waals surface area contributed by atoms with E-state index in [9.17, 15) is 47.9 Å². The molecule has 4 fully saturated rings. The molecule has 3 saturated heterocycles. The van der Waals surface area contributed by atoms with Crippen LogP contribution in [-0.4, -0.2) is 208 Å². The second kappa shape index (κ2) is 32.5. The van der Waals surface area contributed by atoms with Crippen molar-refractivity contribution in [1.29, 1.82) is 0 Å². The standard InChI is InChI=1S/C56H88ClNO27Si2/c1-19-20-70-40-21-39(46-50(45(40)58-31(10)59)84-87(29(6)7,30(8)9)85-86(83-46,27(2)3)28(4)5)24-73-56(55(68)69-18)22-41(79-44(67)23-57)47(49(82-56)43(75-35(14)63)26-72-33(12)61)80-54-53(78-38(17)66)52(77-37(16)65)51(76-36(15)64)48(81-54)42(74-34(13)62)25-71-32(11)60/h19,27-30,39-43,45-54H,1,20-26H2,2-18H3,(H,58,59)/t39-,40-,41-,42+,43-,45+,46-,47-,48-,49-,50-,51-,52+,53+,54+,56-/m1/s1. The molecule has 31 heteroatoms. The highest BCUT2D eigenvalue weighted by molar-refractivity contribution is 6.84. The fourth-order valence-electron chi connectivity index (χ4n) is 11.5. The number of halogens is 1. The molecule has 28 nitrogen and oxygen atoms in total. The van der Waals surface area contributed by atoms with Crippen molar-refractivity contribution in [3.8, 4) is 0 Å². The van der Waals surface area contributed by atoms with Crippen LogP contribution in [0.2, 0.25) is 22.2 Å². The number of rotatable bonds is 27. The predicted molar refractivity (Wildman–Crippen MR) is 304 cm³/mol. The summed E-state index contributed by atoms with van der Waals surface area (Å²) < 4.78 is 106. The number of alkyl halides is 1. The van der Waals surface area contributed by atoms with Gasteiger partial charge in [0.2, 0.25) is 5.91 Å². The molecule has 0 aromatic heterocycles. The van der Waals surface area contributed by atoms with Crippen molar-refractivity contribution in [3.05, 3.63) is 12.7 Å². The van der Waals surface area contributed by atoms with Gasteiger partial charge in [-0.3, -0.25) is 43.2 Å². The molecule has 1 N–H and O–H groups in total. The number of carbonyl (C=O) groups is 10. The maximum atomic E-state index is 14.9. The molecule has 0 aromatic carbocycles. The van der Waals surface area contributed by atoms with Crippen LogP contribution < -0.4 is 5.32 Å². The minimum absolute atomic E-state index is 0.0227. The van der Waals surface area contributed by atoms with Crippen LogP contribution in [-0.2, 0) is 127 Å². The molecule has 494 valence electrons. The Morgan fingerprint density at radius 3 is 1.57 bits per heavy atom. The van der Waals surface area contributed by atoms with E-state index in [-0.39, 0.29) is 35.2 Å². The van der Waals surface area contributed by atoms with Crippen LogP contribution in [0, 0.1) is 5.92 Å². The largest absolute Gasteiger partial charge is 0.465 e. The molecule has 0 aromatic rings. The van der Waals surface area contributed by atoms with E-state index >= 15 is 0 Å². The van der Waals surface area contributed by atoms with Gasteiger partial charge in [0.15, 0.2) is 36.8 Å². The summed E-state index contributed by atoms with van der Waals surface area (Å²) in [6.07, 6.45) is -21.5. The topological polar surface area (TPSA) is 340 Å². The molecule has 4 rings (SSSR count). The van der Waals surface area contributed by atoms with Crippen LogP contribution in [0.3, 0.4) is 0 Å². The van der Waals surface area contributed by atoms with Crippen LogP contribution in [0.5, 0.6) is 0 Å². The second-order valence-corrected chi connectivity index (χ2v) is 32.0. The molecule has 0 unspecified atom stereocenters. The molecule has 1 amide bonds. The van der Waals surface area contributed by atoms with Gasteiger partial charge < -0.3 is 84.6 Å². The van der Waals surface area contributed by atoms with E-state index in [2.05, 4.69) is 11.9 Å². The average Bonchev–Trinajstić information content (AvgIpc) is 1.73. The molecular formula is C56H88ClNO27Si2. The Kier molecular flexibility index (Phi) is 27.8. The average molecular weight is 1300 g/mol. The minimum atomic E-state index is -3.46. The lowest BCUT2D eigenvalue weighted by Gasteiger charge is -2.51. The van der Waals surface area contributed by atoms with Gasteiger partial charge in [0.05, 0.1) is 51.1 Å². The summed E-state index contributed by atoms with van der Waals surface area (Å²) in [7, 11) is -5.87. The lowest BCUT2D eigenvalue weighted by atomic mass is 9.79. The van der Waals surface area contributed by atoms with Gasteiger partial charge in [0, 0.05) is 61.3 Å². The number of carbonyl (C=O) groups excluding carboxylic acids is 10. The fourth-order valence-corrected chi connectivity index (χ4v) is 23.0. The van der Waals surface area contributed by atoms with Crippen molar-refractivity contribution in [2.45, 2.75) is 237 Å². The third-order valence-corrected chi connectivity index (χ3v) is 25.4. The number of hydrogen-bond donors (Lipinski definition) is 1.